The smallest absolute Gasteiger partial charge is 0.316 e. The van der Waals surface area contributed by atoms with E-state index in [4.69, 9.17) is 28.5 Å². The van der Waals surface area contributed by atoms with Crippen molar-refractivity contribution in [2.24, 2.45) is 10.3 Å². The van der Waals surface area contributed by atoms with Crippen molar-refractivity contribution in [1.29, 1.82) is 0 Å². The van der Waals surface area contributed by atoms with Gasteiger partial charge < -0.3 is 33.4 Å². The number of ether oxygens (including phenoxy) is 5. The van der Waals surface area contributed by atoms with Crippen molar-refractivity contribution in [3.8, 4) is 29.0 Å². The second-order valence-electron chi connectivity index (χ2n) is 11.5. The molecular weight excluding hydrogens is 725 g/mol. The van der Waals surface area contributed by atoms with Crippen LogP contribution in [0.4, 0.5) is 0 Å². The summed E-state index contributed by atoms with van der Waals surface area (Å²) < 4.78 is 28.7. The van der Waals surface area contributed by atoms with Crippen LogP contribution in [0.2, 0.25) is 0 Å². The Balaban J connectivity index is 0.000000525. The van der Waals surface area contributed by atoms with Gasteiger partial charge in [0, 0.05) is 18.0 Å². The van der Waals surface area contributed by atoms with Crippen LogP contribution in [0.15, 0.2) is 83.7 Å². The number of nitrogens with zero attached hydrogens (tertiary/aromatic N) is 6. The lowest BCUT2D eigenvalue weighted by atomic mass is 10.1. The normalized spacial score (nSPS) is 10.8. The Bertz CT molecular complexity index is 1780. The summed E-state index contributed by atoms with van der Waals surface area (Å²) in [6, 6.07) is 8.18. The molecule has 0 saturated carbocycles. The van der Waals surface area contributed by atoms with Crippen LogP contribution in [0, 0.1) is 27.7 Å². The average molecular weight is 787 g/mol. The number of aromatic nitrogens is 4. The molecule has 0 aliphatic heterocycles. The van der Waals surface area contributed by atoms with Gasteiger partial charge >= 0.3 is 6.01 Å². The third kappa shape index (κ3) is 18.5. The predicted octanol–water partition coefficient (Wildman–Crippen LogP) is 9.54. The molecule has 0 aliphatic carbocycles. The number of rotatable bonds is 18. The predicted molar refractivity (Wildman–Crippen MR) is 228 cm³/mol. The molecule has 2 aromatic heterocycles. The molecule has 0 atom stereocenters. The van der Waals surface area contributed by atoms with E-state index in [-0.39, 0.29) is 6.01 Å². The van der Waals surface area contributed by atoms with E-state index in [9.17, 15) is 0 Å². The number of aryl methyl sites for hydroxylation is 4. The van der Waals surface area contributed by atoms with Crippen molar-refractivity contribution in [2.75, 3.05) is 40.6 Å². The van der Waals surface area contributed by atoms with Crippen LogP contribution in [0.3, 0.4) is 0 Å². The molecule has 57 heavy (non-hydrogen) atoms. The third-order valence-electron chi connectivity index (χ3n) is 7.22. The first kappa shape index (κ1) is 49.0. The zero-order chi connectivity index (χ0) is 42.4. The van der Waals surface area contributed by atoms with Gasteiger partial charge in [0.15, 0.2) is 0 Å². The molecule has 0 N–H and O–H groups in total. The molecule has 2 aromatic carbocycles. The number of allylic oxidation sites excluding steroid dienone is 2. The molecule has 0 unspecified atom stereocenters. The van der Waals surface area contributed by atoms with E-state index in [2.05, 4.69) is 35.1 Å². The first-order chi connectivity index (χ1) is 27.7. The SMILES string of the molecule is C/C=C/COc1cc(C)c(OCCOc2ncc(C=NOC)cn2)c(C)c1.C/C=C/COc1cc(C)c(OCc2cnc(C(C)=NOC)cn2)c(C)c1.CC.CC. The van der Waals surface area contributed by atoms with E-state index in [1.165, 1.54) is 20.4 Å². The second-order valence-corrected chi connectivity index (χ2v) is 11.5. The maximum absolute atomic E-state index is 5.96. The van der Waals surface area contributed by atoms with Crippen molar-refractivity contribution < 1.29 is 33.4 Å². The minimum absolute atomic E-state index is 0.286. The topological polar surface area (TPSA) is 141 Å². The fourth-order valence-corrected chi connectivity index (χ4v) is 4.73. The van der Waals surface area contributed by atoms with Crippen molar-refractivity contribution >= 4 is 11.9 Å². The molecule has 0 amide bonds. The highest BCUT2D eigenvalue weighted by Gasteiger charge is 2.10. The molecule has 0 radical (unpaired) electrons. The lowest BCUT2D eigenvalue weighted by molar-refractivity contribution is 0.204. The van der Waals surface area contributed by atoms with Gasteiger partial charge in [-0.3, -0.25) is 9.97 Å². The Hall–Kier alpha value is -5.98. The summed E-state index contributed by atoms with van der Waals surface area (Å²) in [4.78, 5) is 26.2. The summed E-state index contributed by atoms with van der Waals surface area (Å²) >= 11 is 0. The number of hydrogen-bond acceptors (Lipinski definition) is 13. The summed E-state index contributed by atoms with van der Waals surface area (Å²) in [5.74, 6) is 3.34. The van der Waals surface area contributed by atoms with Crippen molar-refractivity contribution in [3.05, 3.63) is 113 Å². The summed E-state index contributed by atoms with van der Waals surface area (Å²) in [6.45, 7) is 23.9. The standard InChI is InChI=1S/C20H25N3O4.C20H25N3O3.2C2H6/c1-5-6-7-25-18-10-15(2)19(16(3)11-18)26-8-9-27-20-21-12-17(13-22-20)14-23-24-4;1-6-7-8-25-18-9-14(2)20(15(3)10-18)26-13-17-11-22-19(12-21-17)16(4)23-24-5;2*1-2/h5-6,10-14H,7-9H2,1-4H3;6-7,9-12H,8,13H2,1-5H3;2*1-2H3/b6-5+,23-14?;7-6+,23-16?;;. The van der Waals surface area contributed by atoms with E-state index in [0.717, 1.165) is 56.5 Å². The van der Waals surface area contributed by atoms with Gasteiger partial charge in [-0.2, -0.15) is 0 Å². The van der Waals surface area contributed by atoms with Crippen LogP contribution >= 0.6 is 0 Å². The molecule has 0 aliphatic rings. The van der Waals surface area contributed by atoms with Crippen molar-refractivity contribution in [1.82, 2.24) is 19.9 Å². The highest BCUT2D eigenvalue weighted by atomic mass is 16.6. The molecule has 0 bridgehead atoms. The molecule has 4 aromatic rings. The minimum atomic E-state index is 0.286. The molecule has 310 valence electrons. The van der Waals surface area contributed by atoms with Crippen LogP contribution in [0.25, 0.3) is 0 Å². The van der Waals surface area contributed by atoms with Gasteiger partial charge in [-0.15, -0.1) is 0 Å². The summed E-state index contributed by atoms with van der Waals surface area (Å²) in [6.07, 6.45) is 15.9. The van der Waals surface area contributed by atoms with Gasteiger partial charge in [-0.1, -0.05) is 62.3 Å². The Morgan fingerprint density at radius 3 is 1.58 bits per heavy atom. The monoisotopic (exact) mass is 786 g/mol. The van der Waals surface area contributed by atoms with Crippen LogP contribution in [0.5, 0.6) is 29.0 Å². The lowest BCUT2D eigenvalue weighted by Crippen LogP contribution is -2.12. The van der Waals surface area contributed by atoms with E-state index in [1.54, 1.807) is 24.8 Å². The number of benzene rings is 2. The van der Waals surface area contributed by atoms with E-state index in [1.807, 2.05) is 125 Å². The molecule has 13 heteroatoms. The van der Waals surface area contributed by atoms with Crippen molar-refractivity contribution in [2.45, 2.75) is 82.8 Å². The molecule has 0 fully saturated rings. The molecule has 4 rings (SSSR count). The molecular formula is C44H62N6O7. The summed E-state index contributed by atoms with van der Waals surface area (Å²) in [5.41, 5.74) is 6.89. The molecule has 2 heterocycles. The highest BCUT2D eigenvalue weighted by molar-refractivity contribution is 5.96. The Kier molecular flexibility index (Phi) is 25.2. The summed E-state index contributed by atoms with van der Waals surface area (Å²) in [7, 11) is 2.98. The van der Waals surface area contributed by atoms with Gasteiger partial charge in [0.2, 0.25) is 0 Å². The minimum Gasteiger partial charge on any atom is -0.490 e. The van der Waals surface area contributed by atoms with E-state index >= 15 is 0 Å². The summed E-state index contributed by atoms with van der Waals surface area (Å²) in [5, 5.41) is 7.49. The van der Waals surface area contributed by atoms with Crippen molar-refractivity contribution in [3.63, 3.8) is 0 Å². The quantitative estimate of drug-likeness (QED) is 0.0412. The van der Waals surface area contributed by atoms with Gasteiger partial charge in [0.05, 0.1) is 24.3 Å². The maximum atomic E-state index is 5.96. The van der Waals surface area contributed by atoms with Gasteiger partial charge in [0.25, 0.3) is 0 Å². The number of hydrogen-bond donors (Lipinski definition) is 0. The second kappa shape index (κ2) is 29.3. The van der Waals surface area contributed by atoms with Crippen LogP contribution in [-0.4, -0.2) is 72.5 Å². The molecule has 13 nitrogen and oxygen atoms in total. The van der Waals surface area contributed by atoms with Crippen LogP contribution in [0.1, 0.15) is 87.7 Å². The van der Waals surface area contributed by atoms with Gasteiger partial charge in [-0.05, 0) is 95.0 Å². The fraction of sp³-hybridized carbons (Fsp3) is 0.409. The zero-order valence-electron chi connectivity index (χ0n) is 36.1. The largest absolute Gasteiger partial charge is 0.490 e. The van der Waals surface area contributed by atoms with Crippen LogP contribution in [-0.2, 0) is 16.3 Å². The third-order valence-corrected chi connectivity index (χ3v) is 7.22. The Labute approximate surface area is 339 Å². The first-order valence-corrected chi connectivity index (χ1v) is 19.0. The zero-order valence-corrected chi connectivity index (χ0v) is 36.1. The number of oxime groups is 2. The Morgan fingerprint density at radius 2 is 1.12 bits per heavy atom. The molecule has 0 saturated heterocycles. The van der Waals surface area contributed by atoms with Gasteiger partial charge in [0.1, 0.15) is 81.7 Å². The van der Waals surface area contributed by atoms with Gasteiger partial charge in [-0.25, -0.2) is 9.97 Å². The Morgan fingerprint density at radius 1 is 0.614 bits per heavy atom. The van der Waals surface area contributed by atoms with E-state index < -0.39 is 0 Å². The first-order valence-electron chi connectivity index (χ1n) is 19.0. The van der Waals surface area contributed by atoms with E-state index in [0.29, 0.717) is 44.4 Å². The highest BCUT2D eigenvalue weighted by Crippen LogP contribution is 2.30. The van der Waals surface area contributed by atoms with Crippen LogP contribution < -0.4 is 23.7 Å². The fourth-order valence-electron chi connectivity index (χ4n) is 4.73. The maximum Gasteiger partial charge on any atom is 0.316 e. The lowest BCUT2D eigenvalue weighted by Gasteiger charge is -2.14. The molecule has 0 spiro atoms. The average Bonchev–Trinajstić information content (AvgIpc) is 3.22.